The Morgan fingerprint density at radius 1 is 0.558 bits per heavy atom. The van der Waals surface area contributed by atoms with Crippen molar-refractivity contribution >= 4 is 45.2 Å². The first-order valence-electron chi connectivity index (χ1n) is 11.9. The first-order chi connectivity index (χ1) is 19.4. The molecule has 2 rings (SSSR count). The third-order valence-electron chi connectivity index (χ3n) is 5.36. The van der Waals surface area contributed by atoms with Gasteiger partial charge < -0.3 is 0 Å². The summed E-state index contributed by atoms with van der Waals surface area (Å²) in [7, 11) is 0. The zero-order valence-electron chi connectivity index (χ0n) is 21.5. The zero-order valence-corrected chi connectivity index (χ0v) is 25.8. The molecule has 43 heavy (non-hydrogen) atoms. The average Bonchev–Trinajstić information content (AvgIpc) is 2.86. The molecule has 0 aliphatic carbocycles. The number of unbranched alkanes of at least 4 members (excludes halogenated alkanes) is 1. The quantitative estimate of drug-likeness (QED) is 0.120. The highest BCUT2D eigenvalue weighted by Gasteiger charge is 2.86. The minimum Gasteiger partial charge on any atom is -0.195 e. The van der Waals surface area contributed by atoms with Crippen LogP contribution in [0.3, 0.4) is 0 Å². The van der Waals surface area contributed by atoms with Crippen LogP contribution in [0.15, 0.2) is 80.0 Å². The maximum Gasteiger partial charge on any atom is 0.460 e. The van der Waals surface area contributed by atoms with Gasteiger partial charge in [0.1, 0.15) is 0 Å². The highest BCUT2D eigenvalue weighted by atomic mass is 127. The van der Waals surface area contributed by atoms with Crippen molar-refractivity contribution in [3.8, 4) is 0 Å². The van der Waals surface area contributed by atoms with Gasteiger partial charge in [-0.05, 0) is 76.3 Å². The number of hydrogen-bond donors (Lipinski definition) is 0. The zero-order chi connectivity index (χ0) is 33.3. The molecule has 0 aliphatic heterocycles. The molecule has 0 nitrogen and oxygen atoms in total. The molecule has 0 fully saturated rings. The van der Waals surface area contributed by atoms with E-state index in [9.17, 15) is 61.5 Å². The van der Waals surface area contributed by atoms with Crippen molar-refractivity contribution in [2.45, 2.75) is 68.1 Å². The van der Waals surface area contributed by atoms with Gasteiger partial charge in [0.05, 0.1) is 0 Å². The molecule has 0 atom stereocenters. The average molecular weight is 866 g/mol. The van der Waals surface area contributed by atoms with Crippen LogP contribution in [0.1, 0.15) is 30.4 Å². The molecule has 2 aromatic rings. The Morgan fingerprint density at radius 3 is 1.37 bits per heavy atom. The van der Waals surface area contributed by atoms with Crippen LogP contribution in [0.2, 0.25) is 0 Å². The lowest BCUT2D eigenvalue weighted by Crippen LogP contribution is -2.66. The van der Waals surface area contributed by atoms with Gasteiger partial charge in [0.15, 0.2) is 0 Å². The maximum atomic E-state index is 13.6. The van der Waals surface area contributed by atoms with Crippen LogP contribution in [0.25, 0.3) is 0 Å². The molecule has 2 aromatic carbocycles. The molecule has 0 unspecified atom stereocenters. The van der Waals surface area contributed by atoms with E-state index in [0.717, 1.165) is 32.6 Å². The van der Waals surface area contributed by atoms with E-state index in [-0.39, 0.29) is 6.42 Å². The Balaban J connectivity index is 0.000000469. The van der Waals surface area contributed by atoms with Gasteiger partial charge in [0, 0.05) is 25.3 Å². The fourth-order valence-electron chi connectivity index (χ4n) is 3.14. The van der Waals surface area contributed by atoms with Crippen LogP contribution in [-0.2, 0) is 12.8 Å². The van der Waals surface area contributed by atoms with Crippen molar-refractivity contribution in [2.75, 3.05) is 0 Å². The molecule has 16 heteroatoms. The largest absolute Gasteiger partial charge is 0.460 e. The van der Waals surface area contributed by atoms with Crippen LogP contribution < -0.4 is 0 Å². The van der Waals surface area contributed by atoms with Crippen molar-refractivity contribution in [2.24, 2.45) is 0 Å². The molecule has 0 saturated heterocycles. The number of alkyl halides is 14. The summed E-state index contributed by atoms with van der Waals surface area (Å²) in [5, 5.41) is 0. The smallest absolute Gasteiger partial charge is 0.195 e. The van der Waals surface area contributed by atoms with Crippen LogP contribution in [0.5, 0.6) is 0 Å². The van der Waals surface area contributed by atoms with Crippen molar-refractivity contribution in [3.63, 3.8) is 0 Å². The van der Waals surface area contributed by atoms with Crippen LogP contribution in [0.4, 0.5) is 61.5 Å². The minimum absolute atomic E-state index is 0.171. The molecule has 0 bridgehead atoms. The molecule has 0 saturated carbocycles. The van der Waals surface area contributed by atoms with Crippen molar-refractivity contribution in [1.82, 2.24) is 0 Å². The van der Waals surface area contributed by atoms with Crippen molar-refractivity contribution in [3.05, 3.63) is 91.1 Å². The van der Waals surface area contributed by atoms with E-state index in [2.05, 4.69) is 22.6 Å². The standard InChI is InChI=1S/C14H8F11I.C13H14F3I/c15-10(16,7-9(26)6-8-4-2-1-3-5-8)11(17,18)12(19,20)13(21,22)14(23,24)25;14-13(15,16)9-5-4-8-12(17)10-11-6-2-1-3-7-11/h1-5,7H,6H2;1-3,6-8H,4-5,9-10H2. The lowest BCUT2D eigenvalue weighted by Gasteiger charge is -2.36. The summed E-state index contributed by atoms with van der Waals surface area (Å²) >= 11 is 3.25. The first kappa shape index (κ1) is 39.4. The van der Waals surface area contributed by atoms with E-state index in [1.807, 2.05) is 36.4 Å². The lowest BCUT2D eigenvalue weighted by atomic mass is 9.97. The van der Waals surface area contributed by atoms with E-state index >= 15 is 0 Å². The Morgan fingerprint density at radius 2 is 0.977 bits per heavy atom. The van der Waals surface area contributed by atoms with E-state index in [4.69, 9.17) is 0 Å². The van der Waals surface area contributed by atoms with Gasteiger partial charge in [-0.15, -0.1) is 0 Å². The molecule has 0 N–H and O–H groups in total. The Kier molecular flexibility index (Phi) is 14.3. The molecule has 0 aliphatic rings. The second-order valence-corrected chi connectivity index (χ2v) is 11.7. The molecular formula is C27H22F14I2. The predicted octanol–water partition coefficient (Wildman–Crippen LogP) is 11.9. The first-order valence-corrected chi connectivity index (χ1v) is 14.0. The predicted molar refractivity (Wildman–Crippen MR) is 150 cm³/mol. The number of hydrogen-bond acceptors (Lipinski definition) is 0. The van der Waals surface area contributed by atoms with Gasteiger partial charge in [-0.2, -0.15) is 61.5 Å². The molecule has 0 heterocycles. The van der Waals surface area contributed by atoms with Crippen molar-refractivity contribution in [1.29, 1.82) is 0 Å². The molecule has 0 amide bonds. The number of benzene rings is 2. The van der Waals surface area contributed by atoms with E-state index < -0.39 is 58.5 Å². The summed E-state index contributed by atoms with van der Waals surface area (Å²) in [6, 6.07) is 17.1. The van der Waals surface area contributed by atoms with E-state index in [1.54, 1.807) is 0 Å². The maximum absolute atomic E-state index is 13.6. The molecule has 0 radical (unpaired) electrons. The van der Waals surface area contributed by atoms with Gasteiger partial charge in [0.25, 0.3) is 0 Å². The summed E-state index contributed by atoms with van der Waals surface area (Å²) in [4.78, 5) is 0. The summed E-state index contributed by atoms with van der Waals surface area (Å²) in [5.74, 6) is -27.7. The second-order valence-electron chi connectivity index (χ2n) is 8.92. The van der Waals surface area contributed by atoms with Crippen LogP contribution >= 0.6 is 45.2 Å². The summed E-state index contributed by atoms with van der Waals surface area (Å²) in [6.45, 7) is 0. The van der Waals surface area contributed by atoms with Gasteiger partial charge in [-0.25, -0.2) is 0 Å². The van der Waals surface area contributed by atoms with Gasteiger partial charge in [0.2, 0.25) is 0 Å². The Bertz CT molecular complexity index is 1190. The SMILES string of the molecule is FC(F)(F)C(F)(F)C(F)(F)C(F)(F)C(F)(F)C=C(I)Cc1ccccc1.FC(F)(F)CCCC=C(I)Cc1ccccc1. The fourth-order valence-corrected chi connectivity index (χ4v) is 4.72. The fraction of sp³-hybridized carbons (Fsp3) is 0.407. The monoisotopic (exact) mass is 866 g/mol. The van der Waals surface area contributed by atoms with E-state index in [1.165, 1.54) is 35.9 Å². The topological polar surface area (TPSA) is 0 Å². The molecule has 0 spiro atoms. The van der Waals surface area contributed by atoms with Crippen molar-refractivity contribution < 1.29 is 61.5 Å². The summed E-state index contributed by atoms with van der Waals surface area (Å²) in [5.41, 5.74) is 1.48. The highest BCUT2D eigenvalue weighted by molar-refractivity contribution is 14.1. The van der Waals surface area contributed by atoms with Gasteiger partial charge >= 0.3 is 36.0 Å². The summed E-state index contributed by atoms with van der Waals surface area (Å²) < 4.78 is 178. The summed E-state index contributed by atoms with van der Waals surface area (Å²) in [6.07, 6.45) is -9.73. The van der Waals surface area contributed by atoms with Crippen LogP contribution in [0, 0.1) is 0 Å². The van der Waals surface area contributed by atoms with Crippen LogP contribution in [-0.4, -0.2) is 36.0 Å². The third-order valence-corrected chi connectivity index (χ3v) is 6.88. The number of halogens is 16. The molecule has 242 valence electrons. The number of rotatable bonds is 11. The molecule has 0 aromatic heterocycles. The Labute approximate surface area is 264 Å². The normalized spacial score (nSPS) is 14.3. The second kappa shape index (κ2) is 15.6. The highest BCUT2D eigenvalue weighted by Crippen LogP contribution is 2.57. The lowest BCUT2D eigenvalue weighted by molar-refractivity contribution is -0.416. The number of allylic oxidation sites excluding steroid dienone is 4. The Hall–Kier alpha value is -1.60. The minimum atomic E-state index is -7.39. The van der Waals surface area contributed by atoms with Gasteiger partial charge in [-0.3, -0.25) is 0 Å². The molecular weight excluding hydrogens is 844 g/mol. The third kappa shape index (κ3) is 11.7. The van der Waals surface area contributed by atoms with Gasteiger partial charge in [-0.1, -0.05) is 66.7 Å². The van der Waals surface area contributed by atoms with E-state index in [0.29, 0.717) is 12.0 Å².